The van der Waals surface area contributed by atoms with Crippen LogP contribution < -0.4 is 4.74 Å². The zero-order chi connectivity index (χ0) is 12.3. The summed E-state index contributed by atoms with van der Waals surface area (Å²) in [6.45, 7) is 5.81. The van der Waals surface area contributed by atoms with Gasteiger partial charge in [-0.3, -0.25) is 0 Å². The standard InChI is InChI=1S/C12H15F3O/c1-4-9-7-10(8(2)3)5-6-11(9)16-12(13,14)15/h5-8H,4H2,1-3H3. The van der Waals surface area contributed by atoms with E-state index in [1.165, 1.54) is 6.07 Å². The molecule has 1 nitrogen and oxygen atoms in total. The van der Waals surface area contributed by atoms with Gasteiger partial charge in [0.15, 0.2) is 0 Å². The fourth-order valence-electron chi connectivity index (χ4n) is 1.46. The SMILES string of the molecule is CCc1cc(C(C)C)ccc1OC(F)(F)F. The van der Waals surface area contributed by atoms with E-state index in [2.05, 4.69) is 4.74 Å². The van der Waals surface area contributed by atoms with Crippen LogP contribution in [0.5, 0.6) is 5.75 Å². The largest absolute Gasteiger partial charge is 0.573 e. The topological polar surface area (TPSA) is 9.23 Å². The molecule has 0 aliphatic rings. The van der Waals surface area contributed by atoms with E-state index in [1.807, 2.05) is 20.8 Å². The minimum atomic E-state index is -4.62. The summed E-state index contributed by atoms with van der Waals surface area (Å²) in [5.41, 5.74) is 1.61. The average Bonchev–Trinajstić information content (AvgIpc) is 2.15. The highest BCUT2D eigenvalue weighted by atomic mass is 19.4. The molecule has 0 fully saturated rings. The third-order valence-electron chi connectivity index (χ3n) is 2.36. The van der Waals surface area contributed by atoms with E-state index < -0.39 is 6.36 Å². The molecule has 0 spiro atoms. The van der Waals surface area contributed by atoms with Gasteiger partial charge < -0.3 is 4.74 Å². The van der Waals surface area contributed by atoms with Gasteiger partial charge in [-0.05, 0) is 29.5 Å². The monoisotopic (exact) mass is 232 g/mol. The van der Waals surface area contributed by atoms with E-state index >= 15 is 0 Å². The molecule has 0 bridgehead atoms. The molecule has 0 unspecified atom stereocenters. The maximum Gasteiger partial charge on any atom is 0.573 e. The summed E-state index contributed by atoms with van der Waals surface area (Å²) in [4.78, 5) is 0. The summed E-state index contributed by atoms with van der Waals surface area (Å²) >= 11 is 0. The number of benzene rings is 1. The van der Waals surface area contributed by atoms with Gasteiger partial charge in [-0.1, -0.05) is 32.9 Å². The molecule has 0 saturated heterocycles. The summed E-state index contributed by atoms with van der Waals surface area (Å²) < 4.78 is 40.2. The van der Waals surface area contributed by atoms with Crippen LogP contribution in [0.25, 0.3) is 0 Å². The molecule has 0 N–H and O–H groups in total. The normalized spacial score (nSPS) is 11.9. The van der Waals surface area contributed by atoms with Crippen molar-refractivity contribution >= 4 is 0 Å². The first-order valence-electron chi connectivity index (χ1n) is 5.22. The maximum atomic E-state index is 12.1. The van der Waals surface area contributed by atoms with Crippen LogP contribution in [-0.2, 0) is 6.42 Å². The average molecular weight is 232 g/mol. The van der Waals surface area contributed by atoms with Gasteiger partial charge in [0, 0.05) is 0 Å². The van der Waals surface area contributed by atoms with Gasteiger partial charge in [-0.15, -0.1) is 13.2 Å². The highest BCUT2D eigenvalue weighted by Crippen LogP contribution is 2.29. The maximum absolute atomic E-state index is 12.1. The van der Waals surface area contributed by atoms with Crippen LogP contribution >= 0.6 is 0 Å². The smallest absolute Gasteiger partial charge is 0.406 e. The van der Waals surface area contributed by atoms with Gasteiger partial charge >= 0.3 is 6.36 Å². The van der Waals surface area contributed by atoms with Gasteiger partial charge in [-0.2, -0.15) is 0 Å². The van der Waals surface area contributed by atoms with E-state index in [4.69, 9.17) is 0 Å². The molecule has 1 rings (SSSR count). The summed E-state index contributed by atoms with van der Waals surface area (Å²) in [7, 11) is 0. The molecular formula is C12H15F3O. The molecule has 0 aliphatic heterocycles. The van der Waals surface area contributed by atoms with Crippen LogP contribution in [0, 0.1) is 0 Å². The van der Waals surface area contributed by atoms with Crippen molar-refractivity contribution in [2.24, 2.45) is 0 Å². The molecule has 0 amide bonds. The Kier molecular flexibility index (Phi) is 3.83. The predicted octanol–water partition coefficient (Wildman–Crippen LogP) is 4.27. The number of ether oxygens (including phenoxy) is 1. The van der Waals surface area contributed by atoms with E-state index in [9.17, 15) is 13.2 Å². The van der Waals surface area contributed by atoms with Gasteiger partial charge in [0.2, 0.25) is 0 Å². The van der Waals surface area contributed by atoms with Crippen molar-refractivity contribution in [3.63, 3.8) is 0 Å². The van der Waals surface area contributed by atoms with Gasteiger partial charge in [-0.25, -0.2) is 0 Å². The lowest BCUT2D eigenvalue weighted by Gasteiger charge is -2.14. The Morgan fingerprint density at radius 2 is 1.88 bits per heavy atom. The van der Waals surface area contributed by atoms with Crippen molar-refractivity contribution in [1.29, 1.82) is 0 Å². The number of rotatable bonds is 3. The van der Waals surface area contributed by atoms with E-state index in [0.717, 1.165) is 5.56 Å². The fourth-order valence-corrected chi connectivity index (χ4v) is 1.46. The molecule has 0 aromatic heterocycles. The molecule has 16 heavy (non-hydrogen) atoms. The fraction of sp³-hybridized carbons (Fsp3) is 0.500. The van der Waals surface area contributed by atoms with E-state index in [1.54, 1.807) is 12.1 Å². The molecule has 1 aromatic carbocycles. The van der Waals surface area contributed by atoms with Gasteiger partial charge in [0.05, 0.1) is 0 Å². The van der Waals surface area contributed by atoms with Crippen molar-refractivity contribution in [2.45, 2.75) is 39.5 Å². The van der Waals surface area contributed by atoms with E-state index in [0.29, 0.717) is 17.9 Å². The molecule has 0 saturated carbocycles. The quantitative estimate of drug-likeness (QED) is 0.756. The van der Waals surface area contributed by atoms with Gasteiger partial charge in [0.1, 0.15) is 5.75 Å². The first kappa shape index (κ1) is 12.9. The molecule has 0 heterocycles. The molecule has 90 valence electrons. The van der Waals surface area contributed by atoms with Crippen molar-refractivity contribution in [2.75, 3.05) is 0 Å². The van der Waals surface area contributed by atoms with Crippen LogP contribution in [0.1, 0.15) is 37.8 Å². The number of hydrogen-bond donors (Lipinski definition) is 0. The Morgan fingerprint density at radius 3 is 2.31 bits per heavy atom. The second-order valence-corrected chi connectivity index (χ2v) is 3.92. The third kappa shape index (κ3) is 3.43. The summed E-state index contributed by atoms with van der Waals surface area (Å²) in [6, 6.07) is 4.83. The molecule has 0 radical (unpaired) electrons. The molecule has 4 heteroatoms. The second kappa shape index (κ2) is 4.76. The third-order valence-corrected chi connectivity index (χ3v) is 2.36. The molecule has 1 aromatic rings. The Hall–Kier alpha value is -1.19. The Balaban J connectivity index is 3.02. The number of hydrogen-bond acceptors (Lipinski definition) is 1. The van der Waals surface area contributed by atoms with Crippen molar-refractivity contribution in [3.8, 4) is 5.75 Å². The minimum absolute atomic E-state index is 0.0978. The Labute approximate surface area is 93.2 Å². The van der Waals surface area contributed by atoms with Crippen LogP contribution in [0.15, 0.2) is 18.2 Å². The lowest BCUT2D eigenvalue weighted by Crippen LogP contribution is -2.18. The number of halogens is 3. The Bertz CT molecular complexity index is 356. The lowest BCUT2D eigenvalue weighted by molar-refractivity contribution is -0.274. The van der Waals surface area contributed by atoms with Crippen LogP contribution in [0.3, 0.4) is 0 Å². The summed E-state index contributed by atoms with van der Waals surface area (Å²) in [5, 5.41) is 0. The zero-order valence-electron chi connectivity index (χ0n) is 9.56. The first-order chi connectivity index (χ1) is 7.33. The van der Waals surface area contributed by atoms with Crippen molar-refractivity contribution < 1.29 is 17.9 Å². The van der Waals surface area contributed by atoms with Crippen LogP contribution in [0.4, 0.5) is 13.2 Å². The summed E-state index contributed by atoms with van der Waals surface area (Å²) in [5.74, 6) is 0.199. The second-order valence-electron chi connectivity index (χ2n) is 3.92. The minimum Gasteiger partial charge on any atom is -0.406 e. The summed E-state index contributed by atoms with van der Waals surface area (Å²) in [6.07, 6.45) is -4.10. The predicted molar refractivity (Wildman–Crippen MR) is 56.6 cm³/mol. The first-order valence-corrected chi connectivity index (χ1v) is 5.22. The highest BCUT2D eigenvalue weighted by Gasteiger charge is 2.31. The van der Waals surface area contributed by atoms with E-state index in [-0.39, 0.29) is 5.75 Å². The highest BCUT2D eigenvalue weighted by molar-refractivity contribution is 5.38. The number of aryl methyl sites for hydroxylation is 1. The van der Waals surface area contributed by atoms with Crippen LogP contribution in [-0.4, -0.2) is 6.36 Å². The number of alkyl halides is 3. The molecular weight excluding hydrogens is 217 g/mol. The molecule has 0 aliphatic carbocycles. The van der Waals surface area contributed by atoms with Crippen molar-refractivity contribution in [3.05, 3.63) is 29.3 Å². The lowest BCUT2D eigenvalue weighted by atomic mass is 9.99. The zero-order valence-corrected chi connectivity index (χ0v) is 9.56. The molecule has 0 atom stereocenters. The Morgan fingerprint density at radius 1 is 1.25 bits per heavy atom. The van der Waals surface area contributed by atoms with Crippen LogP contribution in [0.2, 0.25) is 0 Å². The van der Waals surface area contributed by atoms with Crippen molar-refractivity contribution in [1.82, 2.24) is 0 Å². The van der Waals surface area contributed by atoms with Gasteiger partial charge in [0.25, 0.3) is 0 Å².